The van der Waals surface area contributed by atoms with Crippen molar-refractivity contribution in [3.05, 3.63) is 29.3 Å². The summed E-state index contributed by atoms with van der Waals surface area (Å²) in [6.45, 7) is 10.2. The Labute approximate surface area is 578 Å². The fraction of sp³-hybridized carbons (Fsp3) is 0.633. The van der Waals surface area contributed by atoms with E-state index in [0.29, 0.717) is 11.8 Å². The van der Waals surface area contributed by atoms with E-state index in [-0.39, 0.29) is 10.7 Å². The van der Waals surface area contributed by atoms with Crippen molar-refractivity contribution in [2.45, 2.75) is 219 Å². The summed E-state index contributed by atoms with van der Waals surface area (Å²) >= 11 is 6.79. The summed E-state index contributed by atoms with van der Waals surface area (Å²) in [6.07, 6.45) is -35.7. The fourth-order valence-electron chi connectivity index (χ4n) is 10.3. The van der Waals surface area contributed by atoms with Crippen LogP contribution in [-0.2, 0) is 162 Å². The monoisotopic (exact) mass is 1470 g/mol. The van der Waals surface area contributed by atoms with Gasteiger partial charge in [-0.3, -0.25) is 72.4 Å². The van der Waals surface area contributed by atoms with Crippen LogP contribution in [0.5, 0.6) is 0 Å². The molecule has 2 N–H and O–H groups in total. The van der Waals surface area contributed by atoms with Crippen LogP contribution in [0.2, 0.25) is 5.02 Å². The molecule has 554 valence electrons. The van der Waals surface area contributed by atoms with Crippen molar-refractivity contribution in [3.63, 3.8) is 0 Å². The second-order valence-corrected chi connectivity index (χ2v) is 23.5. The molecule has 5 rings (SSSR count). The van der Waals surface area contributed by atoms with Gasteiger partial charge in [0.25, 0.3) is 0 Å². The number of nitrogens with zero attached hydrogens (tertiary/aromatic N) is 1. The summed E-state index contributed by atoms with van der Waals surface area (Å²) in [6, 6.07) is 4.25. The smallest absolute Gasteiger partial charge is 0.322 e. The SMILES string of the molecule is CC(=O)OC[C@H]1O[C@@H](O[C@H]2[C@H](OC(C)=O)[C@@H](OC(C)=O)[C@H](NC(=O)NC(=Nc3cccc(Cl)c3)S[C@@H]3O[C@H](COC(C)=O)[C@@H](O[C@@H]4O[C@H](COC(C)=O)[C@H](OC(C)=O)[C@H](OC(C)=O)[C@H]4OC(C)=O)[C@H](OC(C)=O)[C@H]3OC(C)=O)O[C@@H]2COC(C)=O)[C@H](OC(C)=O)[C@@H](OC(C)=O)[C@H]1OC(C)=O. The molecule has 0 spiro atoms. The van der Waals surface area contributed by atoms with Gasteiger partial charge in [0.15, 0.2) is 90.5 Å². The van der Waals surface area contributed by atoms with Crippen molar-refractivity contribution in [3.8, 4) is 0 Å². The van der Waals surface area contributed by atoms with Crippen LogP contribution in [0, 0.1) is 0 Å². The molecule has 4 aliphatic rings. The van der Waals surface area contributed by atoms with Crippen molar-refractivity contribution < 1.29 is 167 Å². The van der Waals surface area contributed by atoms with Crippen LogP contribution in [0.4, 0.5) is 10.5 Å². The first kappa shape index (κ1) is 81.8. The molecular weight excluding hydrogens is 1390 g/mol. The largest absolute Gasteiger partial charge is 0.463 e. The Morgan fingerprint density at radius 1 is 0.380 bits per heavy atom. The zero-order chi connectivity index (χ0) is 74.6. The van der Waals surface area contributed by atoms with E-state index in [1.165, 1.54) is 24.3 Å². The number of benzene rings is 1. The maximum atomic E-state index is 14.9. The number of aliphatic imine (C=N–C) groups is 1. The Kier molecular flexibility index (Phi) is 31.2. The van der Waals surface area contributed by atoms with Gasteiger partial charge in [-0.2, -0.15) is 0 Å². The van der Waals surface area contributed by atoms with E-state index in [0.717, 1.165) is 96.9 Å². The van der Waals surface area contributed by atoms with E-state index in [4.69, 9.17) is 106 Å². The first-order valence-electron chi connectivity index (χ1n) is 30.2. The summed E-state index contributed by atoms with van der Waals surface area (Å²) in [5.41, 5.74) is -1.82. The Morgan fingerprint density at radius 3 is 1.05 bits per heavy atom. The van der Waals surface area contributed by atoms with Crippen molar-refractivity contribution in [2.24, 2.45) is 4.99 Å². The molecule has 0 saturated carbocycles. The summed E-state index contributed by atoms with van der Waals surface area (Å²) in [7, 11) is 0. The highest BCUT2D eigenvalue weighted by atomic mass is 35.5. The van der Waals surface area contributed by atoms with Crippen molar-refractivity contribution in [1.82, 2.24) is 10.6 Å². The number of urea groups is 1. The molecule has 0 radical (unpaired) electrons. The molecule has 2 amide bonds. The molecule has 1 aromatic carbocycles. The normalized spacial score (nSPS) is 29.3. The van der Waals surface area contributed by atoms with Crippen LogP contribution in [0.15, 0.2) is 29.3 Å². The molecule has 4 aliphatic heterocycles. The minimum absolute atomic E-state index is 0.0155. The number of rotatable bonds is 25. The van der Waals surface area contributed by atoms with Crippen LogP contribution in [0.1, 0.15) is 96.9 Å². The third-order valence-electron chi connectivity index (χ3n) is 13.6. The minimum Gasteiger partial charge on any atom is -0.463 e. The molecule has 100 heavy (non-hydrogen) atoms. The van der Waals surface area contributed by atoms with E-state index < -0.39 is 243 Å². The van der Waals surface area contributed by atoms with Gasteiger partial charge >= 0.3 is 89.6 Å². The fourth-order valence-corrected chi connectivity index (χ4v) is 11.6. The second-order valence-electron chi connectivity index (χ2n) is 22.0. The lowest BCUT2D eigenvalue weighted by Gasteiger charge is -2.49. The van der Waals surface area contributed by atoms with Crippen molar-refractivity contribution in [1.29, 1.82) is 0 Å². The molecular formula is C60H76ClN3O35S. The van der Waals surface area contributed by atoms with Gasteiger partial charge in [-0.15, -0.1) is 0 Å². The molecule has 0 aliphatic carbocycles. The Balaban J connectivity index is 1.65. The number of hydrogen-bond donors (Lipinski definition) is 2. The molecule has 4 heterocycles. The maximum absolute atomic E-state index is 14.9. The highest BCUT2D eigenvalue weighted by Crippen LogP contribution is 2.40. The van der Waals surface area contributed by atoms with Crippen LogP contribution < -0.4 is 10.6 Å². The summed E-state index contributed by atoms with van der Waals surface area (Å²) in [4.78, 5) is 198. The molecule has 4 saturated heterocycles. The number of amides is 2. The van der Waals surface area contributed by atoms with Gasteiger partial charge in [0, 0.05) is 102 Å². The number of halogens is 1. The second kappa shape index (κ2) is 38.1. The van der Waals surface area contributed by atoms with Gasteiger partial charge in [-0.25, -0.2) is 9.79 Å². The maximum Gasteiger partial charge on any atom is 0.322 e. The topological polar surface area (TPSA) is 477 Å². The van der Waals surface area contributed by atoms with E-state index in [1.807, 2.05) is 0 Å². The Bertz CT molecular complexity index is 3220. The van der Waals surface area contributed by atoms with E-state index in [2.05, 4.69) is 15.6 Å². The Hall–Kier alpha value is -8.86. The molecule has 0 unspecified atom stereocenters. The van der Waals surface area contributed by atoms with E-state index in [1.54, 1.807) is 0 Å². The van der Waals surface area contributed by atoms with Crippen LogP contribution >= 0.6 is 23.4 Å². The average molecular weight is 1470 g/mol. The minimum atomic E-state index is -2.07. The molecule has 0 aromatic heterocycles. The van der Waals surface area contributed by atoms with Gasteiger partial charge < -0.3 is 100 Å². The van der Waals surface area contributed by atoms with Gasteiger partial charge in [0.2, 0.25) is 0 Å². The average Bonchev–Trinajstić information content (AvgIpc) is 0.773. The predicted octanol–water partition coefficient (Wildman–Crippen LogP) is 0.599. The van der Waals surface area contributed by atoms with E-state index in [9.17, 15) is 71.9 Å². The lowest BCUT2D eigenvalue weighted by Crippen LogP contribution is -2.69. The van der Waals surface area contributed by atoms with Gasteiger partial charge in [-0.05, 0) is 18.2 Å². The first-order chi connectivity index (χ1) is 46.9. The molecule has 38 nitrogen and oxygen atoms in total. The quantitative estimate of drug-likeness (QED) is 0.0586. The zero-order valence-electron chi connectivity index (χ0n) is 56.2. The third-order valence-corrected chi connectivity index (χ3v) is 14.8. The molecule has 40 heteroatoms. The number of hydrogen-bond acceptors (Lipinski definition) is 37. The molecule has 20 atom stereocenters. The summed E-state index contributed by atoms with van der Waals surface area (Å²) in [5, 5.41) is 4.43. The lowest BCUT2D eigenvalue weighted by atomic mass is 9.95. The van der Waals surface area contributed by atoms with Gasteiger partial charge in [0.05, 0.1) is 5.69 Å². The van der Waals surface area contributed by atoms with Crippen LogP contribution in [0.3, 0.4) is 0 Å². The molecule has 0 bridgehead atoms. The highest BCUT2D eigenvalue weighted by molar-refractivity contribution is 8.14. The van der Waals surface area contributed by atoms with Crippen LogP contribution in [0.25, 0.3) is 0 Å². The number of nitrogens with one attached hydrogen (secondary N) is 2. The van der Waals surface area contributed by atoms with Crippen LogP contribution in [-0.4, -0.2) is 243 Å². The summed E-state index contributed by atoms with van der Waals surface area (Å²) < 4.78 is 115. The zero-order valence-corrected chi connectivity index (χ0v) is 57.8. The van der Waals surface area contributed by atoms with E-state index >= 15 is 0 Å². The number of amidine groups is 1. The standard InChI is InChI=1S/C60H76ClN3O35S/c1-23(65)80-19-39-45(98-56-52(91-34(12)76)48(87-30(8)72)43(84-27(5)69)40(95-56)20-81-24(2)66)47(86-29(7)71)51(90-33(11)75)55(94-39)63-59(79)64-60(62-38-17-15-16-37(61)18-38)100-58-54(93-36(14)78)50(89-32(10)74)46(42(97-58)22-83-26(4)68)99-57-53(92-35(13)77)49(88-31(9)73)44(85-28(6)70)41(96-57)21-82-25(3)67/h15-18,39-58H,19-22H2,1-14H3,(H2,62,63,64,79)/t39-,40-,41-,42-,43+,44+,45-,46-,47+,48+,49+,50+,51-,52-,53-,54-,55-,56+,57+,58+/m1/s1. The van der Waals surface area contributed by atoms with Gasteiger partial charge in [-0.1, -0.05) is 29.4 Å². The number of ether oxygens (including phenoxy) is 20. The Morgan fingerprint density at radius 2 is 0.690 bits per heavy atom. The number of carbonyl (C=O) groups is 15. The van der Waals surface area contributed by atoms with Crippen molar-refractivity contribution in [2.75, 3.05) is 26.4 Å². The number of esters is 14. The molecule has 1 aromatic rings. The van der Waals surface area contributed by atoms with Gasteiger partial charge in [0.1, 0.15) is 63.1 Å². The third kappa shape index (κ3) is 25.4. The lowest BCUT2D eigenvalue weighted by molar-refractivity contribution is -0.345. The van der Waals surface area contributed by atoms with Crippen molar-refractivity contribution >= 4 is 124 Å². The number of carbonyl (C=O) groups excluding carboxylic acids is 15. The number of thioether (sulfide) groups is 1. The molecule has 4 fully saturated rings. The highest BCUT2D eigenvalue weighted by Gasteiger charge is 2.60. The first-order valence-corrected chi connectivity index (χ1v) is 31.4. The predicted molar refractivity (Wildman–Crippen MR) is 324 cm³/mol. The summed E-state index contributed by atoms with van der Waals surface area (Å²) in [5.74, 6) is -14.2.